The summed E-state index contributed by atoms with van der Waals surface area (Å²) >= 11 is 0. The van der Waals surface area contributed by atoms with Crippen LogP contribution in [-0.2, 0) is 4.79 Å². The van der Waals surface area contributed by atoms with Gasteiger partial charge in [0.05, 0.1) is 0 Å². The molecule has 14 heavy (non-hydrogen) atoms. The third kappa shape index (κ3) is 1.58. The van der Waals surface area contributed by atoms with E-state index < -0.39 is 0 Å². The minimum absolute atomic E-state index is 0.0787. The summed E-state index contributed by atoms with van der Waals surface area (Å²) in [5.74, 6) is 0.942. The molecule has 0 radical (unpaired) electrons. The van der Waals surface area contributed by atoms with Crippen molar-refractivity contribution in [1.82, 2.24) is 5.32 Å². The van der Waals surface area contributed by atoms with Crippen molar-refractivity contribution in [2.24, 2.45) is 5.92 Å². The van der Waals surface area contributed by atoms with Gasteiger partial charge in [0.15, 0.2) is 0 Å². The monoisotopic (exact) mass is 193 g/mol. The summed E-state index contributed by atoms with van der Waals surface area (Å²) in [6.07, 6.45) is 9.74. The number of fused-ring (bicyclic) bond motifs is 1. The SMILES string of the molecule is C=CC[C@]12CCCC[C@H]1CCC(=O)N2. The molecule has 2 rings (SSSR count). The fraction of sp³-hybridized carbons (Fsp3) is 0.750. The van der Waals surface area contributed by atoms with E-state index in [0.29, 0.717) is 5.92 Å². The van der Waals surface area contributed by atoms with E-state index in [1.165, 1.54) is 19.3 Å². The van der Waals surface area contributed by atoms with Crippen molar-refractivity contribution >= 4 is 5.91 Å². The second-order valence-electron chi connectivity index (χ2n) is 4.68. The maximum atomic E-state index is 11.5. The highest BCUT2D eigenvalue weighted by Gasteiger charge is 2.43. The molecule has 78 valence electrons. The number of amides is 1. The molecule has 0 spiro atoms. The van der Waals surface area contributed by atoms with Crippen LogP contribution in [0.3, 0.4) is 0 Å². The Labute approximate surface area is 85.8 Å². The Morgan fingerprint density at radius 1 is 1.50 bits per heavy atom. The Hall–Kier alpha value is -0.790. The Balaban J connectivity index is 2.17. The molecule has 0 aromatic heterocycles. The highest BCUT2D eigenvalue weighted by Crippen LogP contribution is 2.41. The normalized spacial score (nSPS) is 37.1. The highest BCUT2D eigenvalue weighted by atomic mass is 16.1. The summed E-state index contributed by atoms with van der Waals surface area (Å²) in [7, 11) is 0. The van der Waals surface area contributed by atoms with Crippen LogP contribution in [0.15, 0.2) is 12.7 Å². The lowest BCUT2D eigenvalue weighted by Crippen LogP contribution is -2.58. The molecular weight excluding hydrogens is 174 g/mol. The van der Waals surface area contributed by atoms with E-state index in [-0.39, 0.29) is 11.4 Å². The number of hydrogen-bond donors (Lipinski definition) is 1. The van der Waals surface area contributed by atoms with Crippen LogP contribution in [0.4, 0.5) is 0 Å². The zero-order chi connectivity index (χ0) is 10.0. The van der Waals surface area contributed by atoms with Crippen molar-refractivity contribution in [3.8, 4) is 0 Å². The van der Waals surface area contributed by atoms with Crippen molar-refractivity contribution in [3.05, 3.63) is 12.7 Å². The van der Waals surface area contributed by atoms with Crippen LogP contribution in [0, 0.1) is 5.92 Å². The third-order valence-electron chi connectivity index (χ3n) is 3.82. The summed E-state index contributed by atoms with van der Waals surface area (Å²) in [5, 5.41) is 3.22. The van der Waals surface area contributed by atoms with Gasteiger partial charge >= 0.3 is 0 Å². The van der Waals surface area contributed by atoms with E-state index in [9.17, 15) is 4.79 Å². The lowest BCUT2D eigenvalue weighted by atomic mass is 9.67. The van der Waals surface area contributed by atoms with Gasteiger partial charge < -0.3 is 5.32 Å². The predicted octanol–water partition coefficient (Wildman–Crippen LogP) is 2.40. The summed E-state index contributed by atoms with van der Waals surface area (Å²) in [5.41, 5.74) is 0.0787. The summed E-state index contributed by atoms with van der Waals surface area (Å²) < 4.78 is 0. The van der Waals surface area contributed by atoms with Crippen molar-refractivity contribution in [2.75, 3.05) is 0 Å². The Bertz CT molecular complexity index is 249. The second-order valence-corrected chi connectivity index (χ2v) is 4.68. The molecule has 2 atom stereocenters. The largest absolute Gasteiger partial charge is 0.350 e. The third-order valence-corrected chi connectivity index (χ3v) is 3.82. The molecule has 2 nitrogen and oxygen atoms in total. The fourth-order valence-corrected chi connectivity index (χ4v) is 3.12. The molecule has 1 saturated heterocycles. The molecule has 1 N–H and O–H groups in total. The lowest BCUT2D eigenvalue weighted by molar-refractivity contribution is -0.127. The first kappa shape index (κ1) is 9.75. The van der Waals surface area contributed by atoms with Crippen LogP contribution < -0.4 is 5.32 Å². The van der Waals surface area contributed by atoms with E-state index in [4.69, 9.17) is 0 Å². The summed E-state index contributed by atoms with van der Waals surface area (Å²) in [4.78, 5) is 11.5. The molecule has 0 aromatic rings. The minimum atomic E-state index is 0.0787. The first-order valence-electron chi connectivity index (χ1n) is 5.69. The molecule has 0 aromatic carbocycles. The van der Waals surface area contributed by atoms with Gasteiger partial charge in [0.2, 0.25) is 5.91 Å². The summed E-state index contributed by atoms with van der Waals surface area (Å²) in [6.45, 7) is 3.81. The average Bonchev–Trinajstić information content (AvgIpc) is 2.17. The number of nitrogens with one attached hydrogen (secondary N) is 1. The van der Waals surface area contributed by atoms with Crippen molar-refractivity contribution in [1.29, 1.82) is 0 Å². The lowest BCUT2D eigenvalue weighted by Gasteiger charge is -2.47. The van der Waals surface area contributed by atoms with E-state index in [1.54, 1.807) is 0 Å². The van der Waals surface area contributed by atoms with Gasteiger partial charge in [-0.3, -0.25) is 4.79 Å². The quantitative estimate of drug-likeness (QED) is 0.670. The van der Waals surface area contributed by atoms with Gasteiger partial charge in [-0.2, -0.15) is 0 Å². The first-order chi connectivity index (χ1) is 6.77. The maximum absolute atomic E-state index is 11.5. The molecule has 2 heteroatoms. The zero-order valence-corrected chi connectivity index (χ0v) is 8.72. The number of carbonyl (C=O) groups is 1. The second kappa shape index (κ2) is 3.76. The average molecular weight is 193 g/mol. The van der Waals surface area contributed by atoms with Gasteiger partial charge in [0.25, 0.3) is 0 Å². The Morgan fingerprint density at radius 2 is 2.36 bits per heavy atom. The van der Waals surface area contributed by atoms with Gasteiger partial charge in [-0.15, -0.1) is 6.58 Å². The Morgan fingerprint density at radius 3 is 3.14 bits per heavy atom. The van der Waals surface area contributed by atoms with E-state index >= 15 is 0 Å². The van der Waals surface area contributed by atoms with Crippen LogP contribution in [0.25, 0.3) is 0 Å². The predicted molar refractivity (Wildman–Crippen MR) is 56.9 cm³/mol. The van der Waals surface area contributed by atoms with Crippen molar-refractivity contribution < 1.29 is 4.79 Å². The highest BCUT2D eigenvalue weighted by molar-refractivity contribution is 5.78. The number of hydrogen-bond acceptors (Lipinski definition) is 1. The Kier molecular flexibility index (Phi) is 2.62. The molecule has 1 aliphatic carbocycles. The fourth-order valence-electron chi connectivity index (χ4n) is 3.12. The van der Waals surface area contributed by atoms with Gasteiger partial charge in [0.1, 0.15) is 0 Å². The van der Waals surface area contributed by atoms with E-state index in [2.05, 4.69) is 11.9 Å². The zero-order valence-electron chi connectivity index (χ0n) is 8.72. The van der Waals surface area contributed by atoms with Crippen LogP contribution in [0.5, 0.6) is 0 Å². The topological polar surface area (TPSA) is 29.1 Å². The molecular formula is C12H19NO. The van der Waals surface area contributed by atoms with E-state index in [1.807, 2.05) is 6.08 Å². The van der Waals surface area contributed by atoms with Gasteiger partial charge in [-0.05, 0) is 31.6 Å². The number of carbonyl (C=O) groups excluding carboxylic acids is 1. The molecule has 2 fully saturated rings. The standard InChI is InChI=1S/C12H19NO/c1-2-8-12-9-4-3-5-10(12)6-7-11(14)13-12/h2,10H,1,3-9H2,(H,13,14)/t10-,12-/m0/s1. The number of piperidine rings is 1. The molecule has 1 amide bonds. The van der Waals surface area contributed by atoms with Crippen molar-refractivity contribution in [2.45, 2.75) is 50.5 Å². The van der Waals surface area contributed by atoms with E-state index in [0.717, 1.165) is 25.7 Å². The van der Waals surface area contributed by atoms with Gasteiger partial charge in [0, 0.05) is 12.0 Å². The van der Waals surface area contributed by atoms with Gasteiger partial charge in [-0.25, -0.2) is 0 Å². The smallest absolute Gasteiger partial charge is 0.220 e. The van der Waals surface area contributed by atoms with Gasteiger partial charge in [-0.1, -0.05) is 18.9 Å². The molecule has 0 bridgehead atoms. The first-order valence-corrected chi connectivity index (χ1v) is 5.69. The van der Waals surface area contributed by atoms with Crippen molar-refractivity contribution in [3.63, 3.8) is 0 Å². The van der Waals surface area contributed by atoms with Crippen LogP contribution in [-0.4, -0.2) is 11.4 Å². The molecule has 2 aliphatic rings. The van der Waals surface area contributed by atoms with Crippen LogP contribution >= 0.6 is 0 Å². The van der Waals surface area contributed by atoms with Crippen LogP contribution in [0.2, 0.25) is 0 Å². The maximum Gasteiger partial charge on any atom is 0.220 e. The van der Waals surface area contributed by atoms with Crippen LogP contribution in [0.1, 0.15) is 44.9 Å². The molecule has 1 aliphatic heterocycles. The molecule has 0 unspecified atom stereocenters. The minimum Gasteiger partial charge on any atom is -0.350 e. The molecule has 1 heterocycles. The summed E-state index contributed by atoms with van der Waals surface area (Å²) in [6, 6.07) is 0. The number of rotatable bonds is 2. The molecule has 1 saturated carbocycles.